The number of phenolic OH excluding ortho intramolecular Hbond substituents is 1. The van der Waals surface area contributed by atoms with E-state index in [0.29, 0.717) is 5.56 Å². The molecule has 0 fully saturated rings. The largest absolute Gasteiger partial charge is 0.508 e. The average Bonchev–Trinajstić information content (AvgIpc) is 2.61. The fraction of sp³-hybridized carbons (Fsp3) is 0.476. The van der Waals surface area contributed by atoms with Gasteiger partial charge in [-0.3, -0.25) is 14.5 Å². The third kappa shape index (κ3) is 7.52. The van der Waals surface area contributed by atoms with E-state index in [1.54, 1.807) is 40.7 Å². The van der Waals surface area contributed by atoms with Crippen molar-refractivity contribution in [3.63, 3.8) is 0 Å². The summed E-state index contributed by atoms with van der Waals surface area (Å²) >= 11 is 4.13. The number of amides is 3. The van der Waals surface area contributed by atoms with Crippen LogP contribution in [-0.4, -0.2) is 51.4 Å². The summed E-state index contributed by atoms with van der Waals surface area (Å²) in [6, 6.07) is 5.54. The van der Waals surface area contributed by atoms with Crippen LogP contribution in [0.15, 0.2) is 24.3 Å². The van der Waals surface area contributed by atoms with Crippen molar-refractivity contribution in [2.24, 2.45) is 0 Å². The highest BCUT2D eigenvalue weighted by molar-refractivity contribution is 7.80. The molecule has 1 aromatic carbocycles. The van der Waals surface area contributed by atoms with Crippen LogP contribution in [0.1, 0.15) is 46.2 Å². The number of carbonyl (C=O) groups is 3. The molecule has 2 atom stereocenters. The molecule has 0 radical (unpaired) electrons. The maximum absolute atomic E-state index is 13.1. The van der Waals surface area contributed by atoms with E-state index in [2.05, 4.69) is 29.3 Å². The van der Waals surface area contributed by atoms with Crippen LogP contribution < -0.4 is 10.6 Å². The number of carbonyl (C=O) groups excluding carboxylic acids is 3. The van der Waals surface area contributed by atoms with E-state index in [-0.39, 0.29) is 17.5 Å². The molecule has 1 rings (SSSR count). The second-order valence-electron chi connectivity index (χ2n) is 7.88. The van der Waals surface area contributed by atoms with Crippen molar-refractivity contribution in [1.29, 1.82) is 0 Å². The molecule has 8 nitrogen and oxygen atoms in total. The molecule has 0 heterocycles. The van der Waals surface area contributed by atoms with Gasteiger partial charge in [-0.2, -0.15) is 12.6 Å². The monoisotopic (exact) mass is 435 g/mol. The van der Waals surface area contributed by atoms with Crippen LogP contribution in [0.5, 0.6) is 5.75 Å². The topological polar surface area (TPSA) is 108 Å². The quantitative estimate of drug-likeness (QED) is 0.298. The molecule has 0 aliphatic heterocycles. The molecule has 9 heteroatoms. The van der Waals surface area contributed by atoms with Crippen LogP contribution in [0, 0.1) is 12.5 Å². The van der Waals surface area contributed by atoms with E-state index < -0.39 is 35.6 Å². The Labute approximate surface area is 182 Å². The molecule has 0 bridgehead atoms. The predicted molar refractivity (Wildman–Crippen MR) is 117 cm³/mol. The fourth-order valence-corrected chi connectivity index (χ4v) is 2.79. The maximum Gasteiger partial charge on any atom is 0.408 e. The first-order valence-corrected chi connectivity index (χ1v) is 10.0. The highest BCUT2D eigenvalue weighted by atomic mass is 32.1. The van der Waals surface area contributed by atoms with Gasteiger partial charge >= 0.3 is 6.09 Å². The van der Waals surface area contributed by atoms with Gasteiger partial charge in [0.15, 0.2) is 0 Å². The predicted octanol–water partition coefficient (Wildman–Crippen LogP) is 2.20. The molecule has 0 aromatic heterocycles. The molecule has 1 aromatic rings. The summed E-state index contributed by atoms with van der Waals surface area (Å²) in [5, 5.41) is 15.0. The van der Waals surface area contributed by atoms with Crippen molar-refractivity contribution in [1.82, 2.24) is 15.5 Å². The lowest BCUT2D eigenvalue weighted by Crippen LogP contribution is -2.52. The van der Waals surface area contributed by atoms with Gasteiger partial charge < -0.3 is 20.5 Å². The number of hydrogen-bond acceptors (Lipinski definition) is 6. The number of terminal acetylenes is 1. The van der Waals surface area contributed by atoms with Crippen LogP contribution in [0.25, 0.3) is 0 Å². The van der Waals surface area contributed by atoms with Crippen molar-refractivity contribution < 1.29 is 24.2 Å². The Balaban J connectivity index is 3.25. The summed E-state index contributed by atoms with van der Waals surface area (Å²) in [5.41, 5.74) is -0.448. The van der Waals surface area contributed by atoms with Gasteiger partial charge in [-0.15, -0.1) is 0 Å². The number of thiol groups is 1. The third-order valence-electron chi connectivity index (χ3n) is 3.67. The van der Waals surface area contributed by atoms with E-state index in [4.69, 9.17) is 11.2 Å². The van der Waals surface area contributed by atoms with Crippen molar-refractivity contribution in [3.8, 4) is 18.2 Å². The van der Waals surface area contributed by atoms with E-state index >= 15 is 0 Å². The first-order valence-electron chi connectivity index (χ1n) is 9.38. The van der Waals surface area contributed by atoms with E-state index in [9.17, 15) is 19.5 Å². The molecule has 0 spiro atoms. The SMILES string of the molecule is C#CN(C(=O)C(CS)NC(=O)OC(C)(C)C)C(C(=O)NC(C)C)c1cccc(O)c1. The normalized spacial score (nSPS) is 13.0. The number of phenols is 1. The summed E-state index contributed by atoms with van der Waals surface area (Å²) in [5.74, 6) is -1.41. The molecule has 30 heavy (non-hydrogen) atoms. The second-order valence-corrected chi connectivity index (χ2v) is 8.24. The minimum atomic E-state index is -1.22. The molecule has 3 amide bonds. The summed E-state index contributed by atoms with van der Waals surface area (Å²) in [6.07, 6.45) is 4.77. The van der Waals surface area contributed by atoms with Crippen LogP contribution in [0.4, 0.5) is 4.79 Å². The fourth-order valence-electron chi connectivity index (χ4n) is 2.54. The van der Waals surface area contributed by atoms with Crippen LogP contribution >= 0.6 is 12.6 Å². The maximum atomic E-state index is 13.1. The Bertz CT molecular complexity index is 814. The van der Waals surface area contributed by atoms with Gasteiger partial charge in [0.2, 0.25) is 5.91 Å². The first kappa shape index (κ1) is 25.2. The molecule has 2 unspecified atom stereocenters. The number of benzene rings is 1. The van der Waals surface area contributed by atoms with Gasteiger partial charge in [-0.1, -0.05) is 18.6 Å². The molecule has 0 saturated carbocycles. The minimum absolute atomic E-state index is 0.0746. The van der Waals surface area contributed by atoms with Gasteiger partial charge in [0.05, 0.1) is 0 Å². The zero-order chi connectivity index (χ0) is 23.1. The lowest BCUT2D eigenvalue weighted by molar-refractivity contribution is -0.138. The van der Waals surface area contributed by atoms with Crippen LogP contribution in [0.2, 0.25) is 0 Å². The molecule has 164 valence electrons. The summed E-state index contributed by atoms with van der Waals surface area (Å²) in [7, 11) is 0. The Kier molecular flexibility index (Phi) is 9.05. The molecule has 0 aliphatic rings. The molecule has 0 aliphatic carbocycles. The molecular weight excluding hydrogens is 406 g/mol. The van der Waals surface area contributed by atoms with Gasteiger partial charge in [-0.05, 0) is 52.3 Å². The third-order valence-corrected chi connectivity index (χ3v) is 4.04. The van der Waals surface area contributed by atoms with Gasteiger partial charge in [0.1, 0.15) is 23.4 Å². The number of nitrogens with one attached hydrogen (secondary N) is 2. The molecule has 3 N–H and O–H groups in total. The molecule has 0 saturated heterocycles. The highest BCUT2D eigenvalue weighted by Gasteiger charge is 2.35. The second kappa shape index (κ2) is 10.8. The minimum Gasteiger partial charge on any atom is -0.508 e. The number of nitrogens with zero attached hydrogens (tertiary/aromatic N) is 1. The Morgan fingerprint density at radius 3 is 2.37 bits per heavy atom. The Morgan fingerprint density at radius 2 is 1.90 bits per heavy atom. The highest BCUT2D eigenvalue weighted by Crippen LogP contribution is 2.25. The summed E-state index contributed by atoms with van der Waals surface area (Å²) < 4.78 is 5.18. The zero-order valence-electron chi connectivity index (χ0n) is 17.8. The van der Waals surface area contributed by atoms with Crippen molar-refractivity contribution in [2.45, 2.75) is 58.3 Å². The number of rotatable bonds is 7. The number of ether oxygens (including phenoxy) is 1. The van der Waals surface area contributed by atoms with Crippen molar-refractivity contribution >= 4 is 30.5 Å². The average molecular weight is 436 g/mol. The van der Waals surface area contributed by atoms with Crippen LogP contribution in [0.3, 0.4) is 0 Å². The summed E-state index contributed by atoms with van der Waals surface area (Å²) in [6.45, 7) is 8.59. The standard InChI is InChI=1S/C21H29N3O5S/c1-7-24(19(27)16(12-30)23-20(28)29-21(4,5)6)17(18(26)22-13(2)3)14-9-8-10-15(25)11-14/h1,8-11,13,16-17,25,30H,12H2,2-6H3,(H,22,26)(H,23,28). The van der Waals surface area contributed by atoms with Crippen molar-refractivity contribution in [3.05, 3.63) is 29.8 Å². The first-order chi connectivity index (χ1) is 13.9. The van der Waals surface area contributed by atoms with E-state index in [1.165, 1.54) is 18.2 Å². The van der Waals surface area contributed by atoms with Crippen molar-refractivity contribution in [2.75, 3.05) is 5.75 Å². The Hall–Kier alpha value is -2.86. The van der Waals surface area contributed by atoms with Crippen LogP contribution in [-0.2, 0) is 14.3 Å². The molecular formula is C21H29N3O5S. The number of aromatic hydroxyl groups is 1. The lowest BCUT2D eigenvalue weighted by atomic mass is 10.0. The zero-order valence-corrected chi connectivity index (χ0v) is 18.7. The summed E-state index contributed by atoms with van der Waals surface area (Å²) in [4.78, 5) is 39.0. The van der Waals surface area contributed by atoms with Gasteiger partial charge in [0.25, 0.3) is 5.91 Å². The lowest BCUT2D eigenvalue weighted by Gasteiger charge is -2.30. The number of hydrogen-bond donors (Lipinski definition) is 4. The number of alkyl carbamates (subject to hydrolysis) is 1. The van der Waals surface area contributed by atoms with Gasteiger partial charge in [0, 0.05) is 17.8 Å². The Morgan fingerprint density at radius 1 is 1.27 bits per heavy atom. The van der Waals surface area contributed by atoms with E-state index in [1.807, 2.05) is 0 Å². The smallest absolute Gasteiger partial charge is 0.408 e. The van der Waals surface area contributed by atoms with E-state index in [0.717, 1.165) is 4.90 Å². The van der Waals surface area contributed by atoms with Gasteiger partial charge in [-0.25, -0.2) is 4.79 Å².